The van der Waals surface area contributed by atoms with Crippen LogP contribution in [-0.4, -0.2) is 42.1 Å². The number of carbonyl (C=O) groups excluding carboxylic acids is 2. The third kappa shape index (κ3) is 2.81. The fraction of sp³-hybridized carbons (Fsp3) is 0.467. The van der Waals surface area contributed by atoms with Crippen molar-refractivity contribution in [2.45, 2.75) is 25.0 Å². The summed E-state index contributed by atoms with van der Waals surface area (Å²) >= 11 is 0. The van der Waals surface area contributed by atoms with E-state index in [4.69, 9.17) is 4.74 Å². The lowest BCUT2D eigenvalue weighted by Crippen LogP contribution is -2.53. The Morgan fingerprint density at radius 3 is 2.64 bits per heavy atom. The first kappa shape index (κ1) is 14.9. The van der Waals surface area contributed by atoms with Gasteiger partial charge in [0.15, 0.2) is 0 Å². The zero-order valence-electron chi connectivity index (χ0n) is 11.9. The Hall–Kier alpha value is -2.02. The lowest BCUT2D eigenvalue weighted by molar-refractivity contribution is -0.119. The van der Waals surface area contributed by atoms with Gasteiger partial charge in [-0.15, -0.1) is 0 Å². The van der Waals surface area contributed by atoms with Crippen LogP contribution in [0.4, 0.5) is 8.78 Å². The monoisotopic (exact) mass is 310 g/mol. The molecule has 0 aliphatic carbocycles. The standard InChI is InChI=1S/C15H16F2N2O3/c16-13(17)10-2-1-3-11(8-10)14(21)19-6-4-15(5-7-19)18-12(20)9-22-15/h1-3,8,13H,4-7,9H2,(H,18,20). The van der Waals surface area contributed by atoms with E-state index in [1.807, 2.05) is 0 Å². The number of piperidine rings is 1. The van der Waals surface area contributed by atoms with Crippen molar-refractivity contribution in [2.75, 3.05) is 19.7 Å². The molecule has 2 saturated heterocycles. The predicted octanol–water partition coefficient (Wildman–Crippen LogP) is 1.70. The third-order valence-electron chi connectivity index (χ3n) is 4.09. The van der Waals surface area contributed by atoms with Crippen molar-refractivity contribution in [3.63, 3.8) is 0 Å². The summed E-state index contributed by atoms with van der Waals surface area (Å²) in [6.07, 6.45) is -1.60. The van der Waals surface area contributed by atoms with Gasteiger partial charge in [-0.2, -0.15) is 0 Å². The summed E-state index contributed by atoms with van der Waals surface area (Å²) in [5.41, 5.74) is -0.575. The van der Waals surface area contributed by atoms with Gasteiger partial charge in [-0.25, -0.2) is 8.78 Å². The smallest absolute Gasteiger partial charge is 0.263 e. The number of amides is 2. The molecule has 0 aromatic heterocycles. The van der Waals surface area contributed by atoms with Crippen molar-refractivity contribution in [3.05, 3.63) is 35.4 Å². The summed E-state index contributed by atoms with van der Waals surface area (Å²) in [5, 5.41) is 2.79. The van der Waals surface area contributed by atoms with E-state index in [0.717, 1.165) is 0 Å². The van der Waals surface area contributed by atoms with Gasteiger partial charge in [0.2, 0.25) is 5.91 Å². The molecule has 2 aliphatic heterocycles. The molecule has 1 aromatic rings. The van der Waals surface area contributed by atoms with E-state index < -0.39 is 12.2 Å². The van der Waals surface area contributed by atoms with Gasteiger partial charge in [0.25, 0.3) is 12.3 Å². The SMILES string of the molecule is O=C1COC2(CCN(C(=O)c3cccc(C(F)F)c3)CC2)N1. The van der Waals surface area contributed by atoms with Crippen LogP contribution < -0.4 is 5.32 Å². The van der Waals surface area contributed by atoms with E-state index in [2.05, 4.69) is 5.32 Å². The van der Waals surface area contributed by atoms with Crippen molar-refractivity contribution in [2.24, 2.45) is 0 Å². The maximum absolute atomic E-state index is 12.7. The molecule has 3 rings (SSSR count). The lowest BCUT2D eigenvalue weighted by Gasteiger charge is -2.38. The van der Waals surface area contributed by atoms with E-state index in [1.165, 1.54) is 24.3 Å². The highest BCUT2D eigenvalue weighted by Gasteiger charge is 2.42. The van der Waals surface area contributed by atoms with Crippen LogP contribution in [0.25, 0.3) is 0 Å². The minimum Gasteiger partial charge on any atom is -0.346 e. The van der Waals surface area contributed by atoms with Crippen LogP contribution in [0.3, 0.4) is 0 Å². The quantitative estimate of drug-likeness (QED) is 0.904. The zero-order chi connectivity index (χ0) is 15.7. The van der Waals surface area contributed by atoms with E-state index in [0.29, 0.717) is 25.9 Å². The number of hydrogen-bond donors (Lipinski definition) is 1. The van der Waals surface area contributed by atoms with Crippen LogP contribution in [-0.2, 0) is 9.53 Å². The Balaban J connectivity index is 1.67. The highest BCUT2D eigenvalue weighted by atomic mass is 19.3. The van der Waals surface area contributed by atoms with E-state index in [1.54, 1.807) is 4.90 Å². The third-order valence-corrected chi connectivity index (χ3v) is 4.09. The average Bonchev–Trinajstić information content (AvgIpc) is 2.88. The summed E-state index contributed by atoms with van der Waals surface area (Å²) < 4.78 is 30.9. The highest BCUT2D eigenvalue weighted by Crippen LogP contribution is 2.28. The van der Waals surface area contributed by atoms with Crippen molar-refractivity contribution in [1.29, 1.82) is 0 Å². The molecule has 0 radical (unpaired) electrons. The Morgan fingerprint density at radius 1 is 1.32 bits per heavy atom. The summed E-state index contributed by atoms with van der Waals surface area (Å²) in [4.78, 5) is 25.3. The molecule has 2 aliphatic rings. The van der Waals surface area contributed by atoms with Gasteiger partial charge >= 0.3 is 0 Å². The van der Waals surface area contributed by atoms with Gasteiger partial charge in [0.1, 0.15) is 12.3 Å². The number of nitrogens with one attached hydrogen (secondary N) is 1. The van der Waals surface area contributed by atoms with Crippen molar-refractivity contribution < 1.29 is 23.1 Å². The minimum atomic E-state index is -2.60. The first-order valence-electron chi connectivity index (χ1n) is 7.11. The van der Waals surface area contributed by atoms with Crippen LogP contribution in [0.5, 0.6) is 0 Å². The molecule has 118 valence electrons. The Kier molecular flexibility index (Phi) is 3.82. The molecule has 5 nitrogen and oxygen atoms in total. The van der Waals surface area contributed by atoms with Gasteiger partial charge in [-0.3, -0.25) is 9.59 Å². The number of nitrogens with zero attached hydrogens (tertiary/aromatic N) is 1. The molecule has 1 N–H and O–H groups in total. The zero-order valence-corrected chi connectivity index (χ0v) is 11.9. The van der Waals surface area contributed by atoms with Gasteiger partial charge in [-0.1, -0.05) is 12.1 Å². The number of halogens is 2. The van der Waals surface area contributed by atoms with Gasteiger partial charge < -0.3 is 15.0 Å². The lowest BCUT2D eigenvalue weighted by atomic mass is 9.99. The number of rotatable bonds is 2. The number of likely N-dealkylation sites (tertiary alicyclic amines) is 1. The average molecular weight is 310 g/mol. The molecule has 0 unspecified atom stereocenters. The summed E-state index contributed by atoms with van der Waals surface area (Å²) in [7, 11) is 0. The molecule has 0 atom stereocenters. The minimum absolute atomic E-state index is 0.0460. The number of alkyl halides is 2. The van der Waals surface area contributed by atoms with Crippen LogP contribution in [0.1, 0.15) is 35.2 Å². The van der Waals surface area contributed by atoms with Crippen LogP contribution >= 0.6 is 0 Å². The second-order valence-corrected chi connectivity index (χ2v) is 5.55. The number of ether oxygens (including phenoxy) is 1. The summed E-state index contributed by atoms with van der Waals surface area (Å²) in [5.74, 6) is -0.425. The second-order valence-electron chi connectivity index (χ2n) is 5.55. The number of hydrogen-bond acceptors (Lipinski definition) is 3. The molecule has 1 aromatic carbocycles. The molecule has 2 amide bonds. The van der Waals surface area contributed by atoms with E-state index in [-0.39, 0.29) is 29.5 Å². The first-order chi connectivity index (χ1) is 10.5. The summed E-state index contributed by atoms with van der Waals surface area (Å²) in [6.45, 7) is 0.875. The van der Waals surface area contributed by atoms with Crippen LogP contribution in [0, 0.1) is 0 Å². The van der Waals surface area contributed by atoms with E-state index >= 15 is 0 Å². The predicted molar refractivity (Wildman–Crippen MR) is 73.4 cm³/mol. The topological polar surface area (TPSA) is 58.6 Å². The maximum Gasteiger partial charge on any atom is 0.263 e. The van der Waals surface area contributed by atoms with Crippen molar-refractivity contribution in [3.8, 4) is 0 Å². The van der Waals surface area contributed by atoms with E-state index in [9.17, 15) is 18.4 Å². The van der Waals surface area contributed by atoms with Gasteiger partial charge in [-0.05, 0) is 12.1 Å². The van der Waals surface area contributed by atoms with Crippen molar-refractivity contribution in [1.82, 2.24) is 10.2 Å². The largest absolute Gasteiger partial charge is 0.346 e. The number of benzene rings is 1. The van der Waals surface area contributed by atoms with Crippen LogP contribution in [0.15, 0.2) is 24.3 Å². The molecule has 7 heteroatoms. The van der Waals surface area contributed by atoms with Gasteiger partial charge in [0.05, 0.1) is 0 Å². The molecule has 2 heterocycles. The fourth-order valence-electron chi connectivity index (χ4n) is 2.86. The van der Waals surface area contributed by atoms with Gasteiger partial charge in [0, 0.05) is 37.1 Å². The highest BCUT2D eigenvalue weighted by molar-refractivity contribution is 5.94. The normalized spacial score (nSPS) is 20.5. The Morgan fingerprint density at radius 2 is 2.05 bits per heavy atom. The van der Waals surface area contributed by atoms with Crippen LogP contribution in [0.2, 0.25) is 0 Å². The molecule has 2 fully saturated rings. The summed E-state index contributed by atoms with van der Waals surface area (Å²) in [6, 6.07) is 5.52. The molecular formula is C15H16F2N2O3. The molecule has 0 saturated carbocycles. The molecule has 0 bridgehead atoms. The molecular weight excluding hydrogens is 294 g/mol. The van der Waals surface area contributed by atoms with Crippen molar-refractivity contribution >= 4 is 11.8 Å². The fourth-order valence-corrected chi connectivity index (χ4v) is 2.86. The Labute approximate surface area is 126 Å². The number of carbonyl (C=O) groups is 2. The molecule has 22 heavy (non-hydrogen) atoms. The maximum atomic E-state index is 12.7. The second kappa shape index (κ2) is 5.64. The molecule has 1 spiro atoms. The first-order valence-corrected chi connectivity index (χ1v) is 7.11. The Bertz CT molecular complexity index is 598.